The minimum absolute atomic E-state index is 0. The number of alkyl halides is 6. The van der Waals surface area contributed by atoms with E-state index in [0.717, 1.165) is 86.2 Å². The SMILES string of the molecule is C.Cc1cc(-c2ccccn2)[n-]n1.Cc1cc(-c2ccccn2)[n-]n1.Cc1cc(-c2ccccn2)[n-]n1.Cc1cc(C)[n-]n1.Cc1cc(C)[n-]n1.FC(F)(F)c1cc(-c2ccccn2)[n-]n1.FC(F)(F)c1cc(-c2ccccn2)[n-]n1.[Cl][Pt][Cl].[Pt+2].[Pt+2].[Pt+2].[Pt+2].c1cn[n-]c1.c1cn[n-]c1. The van der Waals surface area contributed by atoms with Crippen molar-refractivity contribution in [2.45, 2.75) is 68.2 Å². The van der Waals surface area contributed by atoms with Crippen LogP contribution in [0.1, 0.15) is 58.7 Å². The second-order valence-corrected chi connectivity index (χ2v) is 21.4. The fourth-order valence-corrected chi connectivity index (χ4v) is 6.65. The third-order valence-electron chi connectivity index (χ3n) is 10.6. The number of aromatic nitrogens is 23. The van der Waals surface area contributed by atoms with Gasteiger partial charge in [0.1, 0.15) is 11.4 Å². The molecule has 0 aliphatic heterocycles. The standard InChI is InChI=1S/2C9H5F3N3.3C9H8N3.2C5H7N2.2C3H3N2.CH4.2ClH.5Pt/c2*10-9(11,12)8-5-7(14-15-8)6-3-1-2-4-13-6;3*1-7-6-9(12-11-7)8-4-2-3-5-10-8;2*1-4-3-5(2)7-6-4;2*1-2-4-5-3-1;;;;;;;;/h2*1-5H;3*2-6H,1H3;2*3H,1-2H3;2*1-3H;1H4;2*1H;;;;;/q9*-1;;;;5*+2/p-2. The third kappa shape index (κ3) is 35.7. The van der Waals surface area contributed by atoms with Crippen LogP contribution >= 0.6 is 18.8 Å². The van der Waals surface area contributed by atoms with Gasteiger partial charge in [0.2, 0.25) is 0 Å². The number of hydrogen-bond acceptors (Lipinski definition) is 14. The second-order valence-electron chi connectivity index (χ2n) is 18.2. The van der Waals surface area contributed by atoms with E-state index in [1.807, 2.05) is 133 Å². The van der Waals surface area contributed by atoms with Gasteiger partial charge in [0.15, 0.2) is 0 Å². The molecule has 14 aromatic rings. The van der Waals surface area contributed by atoms with E-state index in [1.54, 1.807) is 91.9 Å². The summed E-state index contributed by atoms with van der Waals surface area (Å²) in [5.74, 6) is 0. The molecule has 0 atom stereocenters. The molecule has 0 aromatic carbocycles. The van der Waals surface area contributed by atoms with E-state index < -0.39 is 40.2 Å². The van der Waals surface area contributed by atoms with Crippen LogP contribution in [0.5, 0.6) is 0 Å². The second kappa shape index (κ2) is 49.7. The molecule has 0 bridgehead atoms. The number of halogens is 8. The summed E-state index contributed by atoms with van der Waals surface area (Å²) in [5.41, 5.74) is 10.9. The smallest absolute Gasteiger partial charge is 0.582 e. The molecule has 0 spiro atoms. The molecule has 23 nitrogen and oxygen atoms in total. The van der Waals surface area contributed by atoms with Gasteiger partial charge in [-0.3, -0.25) is 24.9 Å². The van der Waals surface area contributed by atoms with Crippen molar-refractivity contribution in [1.82, 2.24) is 117 Å². The molecule has 0 aliphatic rings. The third-order valence-corrected chi connectivity index (χ3v) is 10.6. The van der Waals surface area contributed by atoms with E-state index in [2.05, 4.69) is 117 Å². The van der Waals surface area contributed by atoms with Crippen molar-refractivity contribution in [3.63, 3.8) is 0 Å². The molecule has 0 saturated heterocycles. The molecule has 0 radical (unpaired) electrons. The van der Waals surface area contributed by atoms with Crippen molar-refractivity contribution >= 4 is 18.8 Å². The van der Waals surface area contributed by atoms with Crippen LogP contribution in [0.3, 0.4) is 0 Å². The molecule has 0 aliphatic carbocycles. The molecule has 528 valence electrons. The molecule has 0 saturated carbocycles. The Morgan fingerprint density at radius 1 is 0.316 bits per heavy atom. The molecule has 0 amide bonds. The molecular weight excluding hydrogens is 2230 g/mol. The van der Waals surface area contributed by atoms with Gasteiger partial charge in [0.05, 0.1) is 0 Å². The zero-order chi connectivity index (χ0) is 67.3. The molecule has 14 rings (SSSR count). The van der Waals surface area contributed by atoms with Gasteiger partial charge in [0, 0.05) is 100 Å². The summed E-state index contributed by atoms with van der Waals surface area (Å²) in [4.78, 5) is 20.2. The van der Waals surface area contributed by atoms with E-state index in [1.165, 1.54) is 12.4 Å². The summed E-state index contributed by atoms with van der Waals surface area (Å²) in [7, 11) is 9.75. The number of aryl methyl sites for hydroxylation is 7. The Kier molecular flexibility index (Phi) is 45.8. The summed E-state index contributed by atoms with van der Waals surface area (Å²) in [5, 5.41) is 65.5. The van der Waals surface area contributed by atoms with Crippen LogP contribution in [-0.2, 0) is 113 Å². The first-order valence-electron chi connectivity index (χ1n) is 26.8. The quantitative estimate of drug-likeness (QED) is 0.145. The molecular formula is C62H58Cl2F6N23Pt5-. The number of rotatable bonds is 5. The predicted molar refractivity (Wildman–Crippen MR) is 336 cm³/mol. The molecule has 98 heavy (non-hydrogen) atoms. The average Bonchev–Trinajstić information content (AvgIpc) is 1.72. The Morgan fingerprint density at radius 3 is 0.684 bits per heavy atom. The predicted octanol–water partition coefficient (Wildman–Crippen LogP) is 11.9. The number of pyridine rings is 5. The van der Waals surface area contributed by atoms with Gasteiger partial charge < -0.3 is 91.8 Å². The van der Waals surface area contributed by atoms with Crippen LogP contribution in [0.15, 0.2) is 201 Å². The molecule has 14 heterocycles. The first kappa shape index (κ1) is 90.2. The molecule has 0 fully saturated rings. The maximum absolute atomic E-state index is 12.2. The summed E-state index contributed by atoms with van der Waals surface area (Å²) in [6.07, 6.45) is 5.85. The normalized spacial score (nSPS) is 9.66. The topological polar surface area (TPSA) is 307 Å². The summed E-state index contributed by atoms with van der Waals surface area (Å²) in [6, 6.07) is 42.0. The Hall–Kier alpha value is -7.76. The average molecular weight is 2290 g/mol. The van der Waals surface area contributed by atoms with Crippen molar-refractivity contribution in [2.24, 2.45) is 0 Å². The molecule has 0 unspecified atom stereocenters. The van der Waals surface area contributed by atoms with Gasteiger partial charge in [-0.25, -0.2) is 0 Å². The summed E-state index contributed by atoms with van der Waals surface area (Å²) in [6.45, 7) is 13.5. The van der Waals surface area contributed by atoms with Crippen molar-refractivity contribution < 1.29 is 127 Å². The van der Waals surface area contributed by atoms with Crippen LogP contribution < -0.4 is 45.9 Å². The molecule has 36 heteroatoms. The van der Waals surface area contributed by atoms with Crippen LogP contribution in [0.2, 0.25) is 0 Å². The fraction of sp³-hybridized carbons (Fsp3) is 0.161. The van der Waals surface area contributed by atoms with Crippen molar-refractivity contribution in [3.05, 3.63) is 253 Å². The van der Waals surface area contributed by atoms with Gasteiger partial charge in [-0.05, 0) is 107 Å². The van der Waals surface area contributed by atoms with Gasteiger partial charge in [-0.1, -0.05) is 123 Å². The van der Waals surface area contributed by atoms with Gasteiger partial charge in [-0.15, -0.1) is 11.4 Å². The summed E-state index contributed by atoms with van der Waals surface area (Å²) >= 11 is -0.472. The number of hydrogen-bond donors (Lipinski definition) is 0. The van der Waals surface area contributed by atoms with E-state index in [-0.39, 0.29) is 103 Å². The summed E-state index contributed by atoms with van der Waals surface area (Å²) < 4.78 is 73.2. The van der Waals surface area contributed by atoms with Crippen molar-refractivity contribution in [2.75, 3.05) is 0 Å². The van der Waals surface area contributed by atoms with Gasteiger partial charge in [-0.2, -0.15) is 38.7 Å². The van der Waals surface area contributed by atoms with Crippen molar-refractivity contribution in [3.8, 4) is 56.9 Å². The van der Waals surface area contributed by atoms with E-state index in [4.69, 9.17) is 18.8 Å². The first-order valence-corrected chi connectivity index (χ1v) is 32.4. The minimum atomic E-state index is -4.46. The zero-order valence-corrected chi connectivity index (χ0v) is 64.3. The van der Waals surface area contributed by atoms with Crippen LogP contribution in [0, 0.1) is 48.5 Å². The van der Waals surface area contributed by atoms with Crippen LogP contribution in [-0.4, -0.2) is 70.8 Å². The van der Waals surface area contributed by atoms with Gasteiger partial charge in [0.25, 0.3) is 0 Å². The van der Waals surface area contributed by atoms with Gasteiger partial charge >= 0.3 is 132 Å². The monoisotopic (exact) mass is 2280 g/mol. The van der Waals surface area contributed by atoms with E-state index in [0.29, 0.717) is 11.4 Å². The molecule has 0 N–H and O–H groups in total. The Bertz CT molecular complexity index is 3740. The first-order chi connectivity index (χ1) is 44.7. The maximum Gasteiger partial charge on any atom is 2.00 e. The fourth-order valence-electron chi connectivity index (χ4n) is 6.65. The number of nitrogens with zero attached hydrogens (tertiary/aromatic N) is 23. The zero-order valence-electron chi connectivity index (χ0n) is 51.4. The van der Waals surface area contributed by atoms with Crippen LogP contribution in [0.4, 0.5) is 26.3 Å². The Balaban J connectivity index is 0.00000109. The van der Waals surface area contributed by atoms with Crippen molar-refractivity contribution in [1.29, 1.82) is 0 Å². The maximum atomic E-state index is 12.2. The van der Waals surface area contributed by atoms with E-state index >= 15 is 0 Å². The van der Waals surface area contributed by atoms with E-state index in [9.17, 15) is 26.3 Å². The molecule has 14 aromatic heterocycles. The minimum Gasteiger partial charge on any atom is -0.582 e. The Labute approximate surface area is 634 Å². The van der Waals surface area contributed by atoms with Crippen LogP contribution in [0.25, 0.3) is 56.9 Å². The Morgan fingerprint density at radius 2 is 0.551 bits per heavy atom. The largest absolute Gasteiger partial charge is 2.00 e.